The molecule has 0 aliphatic rings. The molecule has 0 saturated heterocycles. The van der Waals surface area contributed by atoms with Crippen LogP contribution in [-0.2, 0) is 13.0 Å². The Labute approximate surface area is 124 Å². The molecule has 108 valence electrons. The van der Waals surface area contributed by atoms with Crippen molar-refractivity contribution in [2.24, 2.45) is 5.73 Å². The van der Waals surface area contributed by atoms with E-state index in [0.29, 0.717) is 13.2 Å². The van der Waals surface area contributed by atoms with Gasteiger partial charge in [0, 0.05) is 0 Å². The van der Waals surface area contributed by atoms with Crippen LogP contribution < -0.4 is 10.5 Å². The van der Waals surface area contributed by atoms with Crippen LogP contribution in [0.1, 0.15) is 17.7 Å². The minimum absolute atomic E-state index is 0.350. The van der Waals surface area contributed by atoms with Crippen molar-refractivity contribution in [3.05, 3.63) is 65.9 Å². The summed E-state index contributed by atoms with van der Waals surface area (Å²) in [6.07, 6.45) is 1.97. The summed E-state index contributed by atoms with van der Waals surface area (Å²) in [4.78, 5) is 0. The summed E-state index contributed by atoms with van der Waals surface area (Å²) in [5.41, 5.74) is 7.90. The second-order valence-corrected chi connectivity index (χ2v) is 4.99. The first-order valence-corrected chi connectivity index (χ1v) is 7.25. The summed E-state index contributed by atoms with van der Waals surface area (Å²) in [7, 11) is 0. The Hall–Kier alpha value is -2.26. The minimum Gasteiger partial charge on any atom is -0.489 e. The zero-order valence-corrected chi connectivity index (χ0v) is 11.9. The molecule has 0 atom stereocenters. The van der Waals surface area contributed by atoms with E-state index >= 15 is 0 Å². The van der Waals surface area contributed by atoms with Crippen LogP contribution in [0.4, 0.5) is 0 Å². The smallest absolute Gasteiger partial charge is 0.169 e. The van der Waals surface area contributed by atoms with Gasteiger partial charge in [0.2, 0.25) is 0 Å². The number of nitrogens with two attached hydrogens (primary N) is 1. The van der Waals surface area contributed by atoms with Crippen LogP contribution in [0.2, 0.25) is 0 Å². The van der Waals surface area contributed by atoms with E-state index in [2.05, 4.69) is 24.3 Å². The molecule has 2 aromatic carbocycles. The third kappa shape index (κ3) is 3.09. The van der Waals surface area contributed by atoms with Gasteiger partial charge >= 0.3 is 0 Å². The monoisotopic (exact) mass is 281 g/mol. The largest absolute Gasteiger partial charge is 0.489 e. The molecule has 0 aliphatic carbocycles. The normalized spacial score (nSPS) is 10.9. The number of benzene rings is 2. The highest BCUT2D eigenvalue weighted by Crippen LogP contribution is 2.32. The molecule has 21 heavy (non-hydrogen) atoms. The lowest BCUT2D eigenvalue weighted by Gasteiger charge is -2.06. The molecule has 0 saturated carbocycles. The Morgan fingerprint density at radius 3 is 2.52 bits per heavy atom. The van der Waals surface area contributed by atoms with Crippen LogP contribution in [0.3, 0.4) is 0 Å². The first-order chi connectivity index (χ1) is 10.4. The van der Waals surface area contributed by atoms with Crippen LogP contribution in [0.15, 0.2) is 59.0 Å². The molecule has 2 N–H and O–H groups in total. The number of hydrogen-bond donors (Lipinski definition) is 1. The SMILES string of the molecule is NCc1oc2ccccc2c1OCCCc1ccccc1. The van der Waals surface area contributed by atoms with Crippen molar-refractivity contribution in [2.75, 3.05) is 6.61 Å². The summed E-state index contributed by atoms with van der Waals surface area (Å²) in [6, 6.07) is 18.3. The zero-order valence-electron chi connectivity index (χ0n) is 11.9. The number of aryl methyl sites for hydroxylation is 1. The predicted octanol–water partition coefficient (Wildman–Crippen LogP) is 3.90. The standard InChI is InChI=1S/C18H19NO2/c19-13-17-18(15-10-4-5-11-16(15)21-17)20-12-6-9-14-7-2-1-3-8-14/h1-5,7-8,10-11H,6,9,12-13,19H2. The summed E-state index contributed by atoms with van der Waals surface area (Å²) in [6.45, 7) is 1.01. The van der Waals surface area contributed by atoms with Gasteiger partial charge in [-0.3, -0.25) is 0 Å². The van der Waals surface area contributed by atoms with Gasteiger partial charge in [0.1, 0.15) is 5.58 Å². The Kier molecular flexibility index (Phi) is 4.22. The van der Waals surface area contributed by atoms with Crippen LogP contribution in [-0.4, -0.2) is 6.61 Å². The topological polar surface area (TPSA) is 48.4 Å². The van der Waals surface area contributed by atoms with Gasteiger partial charge in [0.15, 0.2) is 11.5 Å². The third-order valence-corrected chi connectivity index (χ3v) is 3.50. The van der Waals surface area contributed by atoms with Gasteiger partial charge in [-0.2, -0.15) is 0 Å². The lowest BCUT2D eigenvalue weighted by molar-refractivity contribution is 0.304. The number of rotatable bonds is 6. The van der Waals surface area contributed by atoms with Gasteiger partial charge in [-0.05, 0) is 30.5 Å². The van der Waals surface area contributed by atoms with Crippen molar-refractivity contribution in [1.82, 2.24) is 0 Å². The molecule has 0 unspecified atom stereocenters. The number of hydrogen-bond acceptors (Lipinski definition) is 3. The van der Waals surface area contributed by atoms with Gasteiger partial charge in [-0.25, -0.2) is 0 Å². The highest BCUT2D eigenvalue weighted by atomic mass is 16.5. The first kappa shape index (κ1) is 13.7. The fourth-order valence-corrected chi connectivity index (χ4v) is 2.46. The quantitative estimate of drug-likeness (QED) is 0.697. The Balaban J connectivity index is 1.65. The highest BCUT2D eigenvalue weighted by molar-refractivity contribution is 5.85. The second-order valence-electron chi connectivity index (χ2n) is 4.99. The van der Waals surface area contributed by atoms with Crippen LogP contribution in [0, 0.1) is 0 Å². The molecule has 0 bridgehead atoms. The molecule has 0 spiro atoms. The third-order valence-electron chi connectivity index (χ3n) is 3.50. The van der Waals surface area contributed by atoms with E-state index in [1.807, 2.05) is 30.3 Å². The maximum absolute atomic E-state index is 5.93. The second kappa shape index (κ2) is 6.46. The molecule has 0 aliphatic heterocycles. The minimum atomic E-state index is 0.350. The number of ether oxygens (including phenoxy) is 1. The molecule has 1 heterocycles. The fraction of sp³-hybridized carbons (Fsp3) is 0.222. The number of furan rings is 1. The molecular weight excluding hydrogens is 262 g/mol. The zero-order chi connectivity index (χ0) is 14.5. The lowest BCUT2D eigenvalue weighted by Crippen LogP contribution is -2.03. The average Bonchev–Trinajstić information content (AvgIpc) is 2.90. The summed E-state index contributed by atoms with van der Waals surface area (Å²) < 4.78 is 11.6. The molecule has 3 nitrogen and oxygen atoms in total. The molecular formula is C18H19NO2. The van der Waals surface area contributed by atoms with Crippen LogP contribution in [0.25, 0.3) is 11.0 Å². The van der Waals surface area contributed by atoms with Crippen molar-refractivity contribution in [3.8, 4) is 5.75 Å². The lowest BCUT2D eigenvalue weighted by atomic mass is 10.1. The van der Waals surface area contributed by atoms with Crippen molar-refractivity contribution < 1.29 is 9.15 Å². The molecule has 3 heteroatoms. The fourth-order valence-electron chi connectivity index (χ4n) is 2.46. The van der Waals surface area contributed by atoms with E-state index in [1.165, 1.54) is 5.56 Å². The number of para-hydroxylation sites is 1. The van der Waals surface area contributed by atoms with Gasteiger partial charge in [0.05, 0.1) is 18.5 Å². The molecule has 0 amide bonds. The van der Waals surface area contributed by atoms with Gasteiger partial charge < -0.3 is 14.9 Å². The van der Waals surface area contributed by atoms with Crippen LogP contribution >= 0.6 is 0 Å². The van der Waals surface area contributed by atoms with Crippen molar-refractivity contribution in [1.29, 1.82) is 0 Å². The molecule has 0 fully saturated rings. The van der Waals surface area contributed by atoms with E-state index in [0.717, 1.165) is 35.3 Å². The molecule has 0 radical (unpaired) electrons. The Morgan fingerprint density at radius 1 is 0.952 bits per heavy atom. The van der Waals surface area contributed by atoms with E-state index in [1.54, 1.807) is 0 Å². The maximum atomic E-state index is 5.93. The maximum Gasteiger partial charge on any atom is 0.169 e. The Morgan fingerprint density at radius 2 is 1.71 bits per heavy atom. The summed E-state index contributed by atoms with van der Waals surface area (Å²) in [5, 5.41) is 0.998. The van der Waals surface area contributed by atoms with Crippen molar-refractivity contribution >= 4 is 11.0 Å². The summed E-state index contributed by atoms with van der Waals surface area (Å²) in [5.74, 6) is 1.51. The van der Waals surface area contributed by atoms with Crippen LogP contribution in [0.5, 0.6) is 5.75 Å². The molecule has 1 aromatic heterocycles. The highest BCUT2D eigenvalue weighted by Gasteiger charge is 2.13. The predicted molar refractivity (Wildman–Crippen MR) is 84.4 cm³/mol. The first-order valence-electron chi connectivity index (χ1n) is 7.25. The Bertz CT molecular complexity index is 704. The van der Waals surface area contributed by atoms with Gasteiger partial charge in [-0.15, -0.1) is 0 Å². The van der Waals surface area contributed by atoms with E-state index in [9.17, 15) is 0 Å². The number of fused-ring (bicyclic) bond motifs is 1. The van der Waals surface area contributed by atoms with E-state index in [4.69, 9.17) is 14.9 Å². The van der Waals surface area contributed by atoms with Gasteiger partial charge in [0.25, 0.3) is 0 Å². The average molecular weight is 281 g/mol. The van der Waals surface area contributed by atoms with Crippen molar-refractivity contribution in [2.45, 2.75) is 19.4 Å². The van der Waals surface area contributed by atoms with Gasteiger partial charge in [-0.1, -0.05) is 42.5 Å². The summed E-state index contributed by atoms with van der Waals surface area (Å²) >= 11 is 0. The van der Waals surface area contributed by atoms with E-state index < -0.39 is 0 Å². The molecule has 3 rings (SSSR count). The molecule has 3 aromatic rings. The van der Waals surface area contributed by atoms with E-state index in [-0.39, 0.29) is 0 Å². The van der Waals surface area contributed by atoms with Crippen molar-refractivity contribution in [3.63, 3.8) is 0 Å².